The summed E-state index contributed by atoms with van der Waals surface area (Å²) in [5, 5.41) is 9.03. The molecule has 8 heteroatoms. The van der Waals surface area contributed by atoms with Crippen LogP contribution in [0.25, 0.3) is 5.69 Å². The SMILES string of the molecule is Cc1cn(-c2c(Br)cc(C(F)(F)F)cc2Br)c(N)c1C#N. The average molecular weight is 423 g/mol. The van der Waals surface area contributed by atoms with E-state index >= 15 is 0 Å². The van der Waals surface area contributed by atoms with Crippen molar-refractivity contribution < 1.29 is 13.2 Å². The smallest absolute Gasteiger partial charge is 0.384 e. The van der Waals surface area contributed by atoms with Crippen LogP contribution in [0.3, 0.4) is 0 Å². The second kappa shape index (κ2) is 5.39. The number of aryl methyl sites for hydroxylation is 1. The number of hydrogen-bond donors (Lipinski definition) is 1. The molecule has 1 aromatic carbocycles. The fraction of sp³-hybridized carbons (Fsp3) is 0.154. The summed E-state index contributed by atoms with van der Waals surface area (Å²) in [6, 6.07) is 3.92. The van der Waals surface area contributed by atoms with Crippen LogP contribution in [0.2, 0.25) is 0 Å². The van der Waals surface area contributed by atoms with Gasteiger partial charge in [-0.1, -0.05) is 0 Å². The van der Waals surface area contributed by atoms with Gasteiger partial charge in [-0.15, -0.1) is 0 Å². The molecule has 110 valence electrons. The zero-order valence-corrected chi connectivity index (χ0v) is 13.8. The fourth-order valence-corrected chi connectivity index (χ4v) is 3.51. The van der Waals surface area contributed by atoms with Crippen LogP contribution in [-0.2, 0) is 6.18 Å². The van der Waals surface area contributed by atoms with Crippen LogP contribution in [0.4, 0.5) is 19.0 Å². The summed E-state index contributed by atoms with van der Waals surface area (Å²) < 4.78 is 40.2. The van der Waals surface area contributed by atoms with E-state index in [1.54, 1.807) is 13.1 Å². The van der Waals surface area contributed by atoms with Crippen LogP contribution in [0, 0.1) is 18.3 Å². The van der Waals surface area contributed by atoms with Crippen molar-refractivity contribution in [2.24, 2.45) is 0 Å². The van der Waals surface area contributed by atoms with E-state index in [1.807, 2.05) is 6.07 Å². The minimum Gasteiger partial charge on any atom is -0.384 e. The van der Waals surface area contributed by atoms with Gasteiger partial charge in [0.1, 0.15) is 11.9 Å². The number of halogens is 5. The zero-order chi connectivity index (χ0) is 15.9. The number of nitrogen functional groups attached to an aromatic ring is 1. The molecule has 1 heterocycles. The molecule has 3 nitrogen and oxygen atoms in total. The van der Waals surface area contributed by atoms with Gasteiger partial charge >= 0.3 is 6.18 Å². The lowest BCUT2D eigenvalue weighted by atomic mass is 10.2. The maximum Gasteiger partial charge on any atom is 0.416 e. The fourth-order valence-electron chi connectivity index (χ4n) is 1.94. The van der Waals surface area contributed by atoms with Crippen molar-refractivity contribution >= 4 is 37.7 Å². The number of nitrogens with zero attached hydrogens (tertiary/aromatic N) is 2. The lowest BCUT2D eigenvalue weighted by Gasteiger charge is -2.14. The maximum atomic E-state index is 12.8. The first-order chi connectivity index (χ1) is 9.66. The van der Waals surface area contributed by atoms with Gasteiger partial charge in [0, 0.05) is 15.1 Å². The highest BCUT2D eigenvalue weighted by molar-refractivity contribution is 9.11. The molecule has 2 N–H and O–H groups in total. The Morgan fingerprint density at radius 2 is 1.76 bits per heavy atom. The summed E-state index contributed by atoms with van der Waals surface area (Å²) in [6.45, 7) is 1.71. The van der Waals surface area contributed by atoms with E-state index in [0.717, 1.165) is 12.1 Å². The van der Waals surface area contributed by atoms with E-state index in [2.05, 4.69) is 31.9 Å². The average Bonchev–Trinajstić information content (AvgIpc) is 2.62. The number of alkyl halides is 3. The molecule has 21 heavy (non-hydrogen) atoms. The van der Waals surface area contributed by atoms with E-state index in [-0.39, 0.29) is 14.8 Å². The van der Waals surface area contributed by atoms with Gasteiger partial charge in [-0.2, -0.15) is 18.4 Å². The molecule has 0 aliphatic carbocycles. The van der Waals surface area contributed by atoms with Crippen LogP contribution < -0.4 is 5.73 Å². The van der Waals surface area contributed by atoms with E-state index in [1.165, 1.54) is 4.57 Å². The van der Waals surface area contributed by atoms with Crippen LogP contribution in [0.5, 0.6) is 0 Å². The van der Waals surface area contributed by atoms with Gasteiger partial charge in [0.2, 0.25) is 0 Å². The molecule has 0 aliphatic heterocycles. The van der Waals surface area contributed by atoms with E-state index in [9.17, 15) is 13.2 Å². The number of aromatic nitrogens is 1. The molecule has 0 spiro atoms. The lowest BCUT2D eigenvalue weighted by molar-refractivity contribution is -0.137. The Labute approximate surface area is 135 Å². The van der Waals surface area contributed by atoms with Gasteiger partial charge in [-0.25, -0.2) is 0 Å². The van der Waals surface area contributed by atoms with Crippen molar-refractivity contribution in [3.8, 4) is 11.8 Å². The molecule has 0 saturated heterocycles. The Bertz CT molecular complexity index is 734. The van der Waals surface area contributed by atoms with Crippen LogP contribution in [-0.4, -0.2) is 4.57 Å². The largest absolute Gasteiger partial charge is 0.416 e. The number of nitriles is 1. The number of nitrogens with two attached hydrogens (primary N) is 1. The summed E-state index contributed by atoms with van der Waals surface area (Å²) in [5.74, 6) is 0.177. The standard InChI is InChI=1S/C13H8Br2F3N3/c1-6-5-21(12(20)8(6)4-19)11-9(14)2-7(3-10(11)15)13(16,17)18/h2-3,5H,20H2,1H3. The molecule has 0 fully saturated rings. The normalized spacial score (nSPS) is 11.5. The minimum absolute atomic E-state index is 0.177. The molecule has 2 rings (SSSR count). The highest BCUT2D eigenvalue weighted by Crippen LogP contribution is 2.39. The summed E-state index contributed by atoms with van der Waals surface area (Å²) in [4.78, 5) is 0. The van der Waals surface area contributed by atoms with Crippen LogP contribution >= 0.6 is 31.9 Å². The molecular formula is C13H8Br2F3N3. The molecule has 0 aliphatic rings. The van der Waals surface area contributed by atoms with Crippen molar-refractivity contribution in [2.45, 2.75) is 13.1 Å². The second-order valence-corrected chi connectivity index (χ2v) is 6.05. The predicted octanol–water partition coefficient (Wildman–Crippen LogP) is 4.78. The third-order valence-corrected chi connectivity index (χ3v) is 4.14. The van der Waals surface area contributed by atoms with Gasteiger partial charge in [-0.3, -0.25) is 0 Å². The van der Waals surface area contributed by atoms with Crippen molar-refractivity contribution in [1.82, 2.24) is 4.57 Å². The monoisotopic (exact) mass is 421 g/mol. The topological polar surface area (TPSA) is 54.7 Å². The lowest BCUT2D eigenvalue weighted by Crippen LogP contribution is -2.07. The maximum absolute atomic E-state index is 12.8. The highest BCUT2D eigenvalue weighted by atomic mass is 79.9. The number of anilines is 1. The first-order valence-corrected chi connectivity index (χ1v) is 7.19. The molecule has 2 aromatic rings. The number of rotatable bonds is 1. The van der Waals surface area contributed by atoms with Gasteiger partial charge in [0.05, 0.1) is 16.8 Å². The van der Waals surface area contributed by atoms with E-state index in [0.29, 0.717) is 16.8 Å². The molecule has 0 atom stereocenters. The first kappa shape index (κ1) is 15.9. The van der Waals surface area contributed by atoms with Crippen molar-refractivity contribution in [2.75, 3.05) is 5.73 Å². The molecule has 0 unspecified atom stereocenters. The quantitative estimate of drug-likeness (QED) is 0.718. The van der Waals surface area contributed by atoms with Gasteiger partial charge < -0.3 is 10.3 Å². The van der Waals surface area contributed by atoms with E-state index < -0.39 is 11.7 Å². The van der Waals surface area contributed by atoms with Crippen LogP contribution in [0.15, 0.2) is 27.3 Å². The summed E-state index contributed by atoms with van der Waals surface area (Å²) >= 11 is 6.26. The molecule has 1 aromatic heterocycles. The Hall–Kier alpha value is -1.46. The minimum atomic E-state index is -4.44. The number of hydrogen-bond acceptors (Lipinski definition) is 2. The Kier molecular flexibility index (Phi) is 4.08. The van der Waals surface area contributed by atoms with Crippen molar-refractivity contribution in [1.29, 1.82) is 5.26 Å². The van der Waals surface area contributed by atoms with Crippen LogP contribution in [0.1, 0.15) is 16.7 Å². The number of benzene rings is 1. The Balaban J connectivity index is 2.70. The molecule has 0 amide bonds. The molecule has 0 radical (unpaired) electrons. The van der Waals surface area contributed by atoms with Crippen molar-refractivity contribution in [3.05, 3.63) is 44.0 Å². The summed E-state index contributed by atoms with van der Waals surface area (Å²) in [6.07, 6.45) is -2.84. The summed E-state index contributed by atoms with van der Waals surface area (Å²) in [7, 11) is 0. The Morgan fingerprint density at radius 3 is 2.14 bits per heavy atom. The molecular weight excluding hydrogens is 415 g/mol. The van der Waals surface area contributed by atoms with Gasteiger partial charge in [0.15, 0.2) is 0 Å². The third-order valence-electron chi connectivity index (χ3n) is 2.93. The van der Waals surface area contributed by atoms with Gasteiger partial charge in [-0.05, 0) is 56.5 Å². The van der Waals surface area contributed by atoms with Crippen molar-refractivity contribution in [3.63, 3.8) is 0 Å². The van der Waals surface area contributed by atoms with Gasteiger partial charge in [0.25, 0.3) is 0 Å². The summed E-state index contributed by atoms with van der Waals surface area (Å²) in [5.41, 5.74) is 6.45. The predicted molar refractivity (Wildman–Crippen MR) is 80.0 cm³/mol. The van der Waals surface area contributed by atoms with E-state index in [4.69, 9.17) is 11.0 Å². The molecule has 0 saturated carbocycles. The molecule has 0 bridgehead atoms. The highest BCUT2D eigenvalue weighted by Gasteiger charge is 2.32. The second-order valence-electron chi connectivity index (χ2n) is 4.34. The Morgan fingerprint density at radius 1 is 1.24 bits per heavy atom. The zero-order valence-electron chi connectivity index (χ0n) is 10.6. The third kappa shape index (κ3) is 2.80. The first-order valence-electron chi connectivity index (χ1n) is 5.61.